The lowest BCUT2D eigenvalue weighted by Crippen LogP contribution is -2.24. The highest BCUT2D eigenvalue weighted by Crippen LogP contribution is 2.22. The van der Waals surface area contributed by atoms with Crippen molar-refractivity contribution in [2.75, 3.05) is 6.54 Å². The van der Waals surface area contributed by atoms with Gasteiger partial charge in [-0.15, -0.1) is 0 Å². The molecule has 0 saturated heterocycles. The van der Waals surface area contributed by atoms with Crippen molar-refractivity contribution in [3.05, 3.63) is 35.9 Å². The van der Waals surface area contributed by atoms with Crippen LogP contribution < -0.4 is 5.73 Å². The predicted molar refractivity (Wildman–Crippen MR) is 49.7 cm³/mol. The minimum absolute atomic E-state index is 0.502. The molecule has 0 heterocycles. The van der Waals surface area contributed by atoms with Gasteiger partial charge in [0, 0.05) is 0 Å². The molecule has 12 heavy (non-hydrogen) atoms. The van der Waals surface area contributed by atoms with Crippen molar-refractivity contribution in [2.45, 2.75) is 18.9 Å². The number of nitrogens with two attached hydrogens (primary N) is 1. The van der Waals surface area contributed by atoms with Gasteiger partial charge in [-0.1, -0.05) is 30.3 Å². The van der Waals surface area contributed by atoms with Crippen molar-refractivity contribution in [2.24, 2.45) is 5.73 Å². The molecule has 2 nitrogen and oxygen atoms in total. The SMILES string of the molecule is C[C@](O)(CCN)c1ccccc1. The number of hydrogen-bond acceptors (Lipinski definition) is 2. The normalized spacial score (nSPS) is 15.6. The predicted octanol–water partition coefficient (Wildman–Crippen LogP) is 1.24. The van der Waals surface area contributed by atoms with Crippen molar-refractivity contribution in [1.29, 1.82) is 0 Å². The zero-order valence-corrected chi connectivity index (χ0v) is 7.33. The van der Waals surface area contributed by atoms with E-state index in [4.69, 9.17) is 5.73 Å². The zero-order chi connectivity index (χ0) is 9.03. The smallest absolute Gasteiger partial charge is 0.0880 e. The van der Waals surface area contributed by atoms with E-state index in [-0.39, 0.29) is 0 Å². The molecule has 0 radical (unpaired) electrons. The van der Waals surface area contributed by atoms with Crippen molar-refractivity contribution in [3.63, 3.8) is 0 Å². The van der Waals surface area contributed by atoms with E-state index in [1.807, 2.05) is 30.3 Å². The van der Waals surface area contributed by atoms with Crippen LogP contribution >= 0.6 is 0 Å². The third-order valence-electron chi connectivity index (χ3n) is 2.03. The van der Waals surface area contributed by atoms with Gasteiger partial charge in [-0.3, -0.25) is 0 Å². The third kappa shape index (κ3) is 2.06. The van der Waals surface area contributed by atoms with Gasteiger partial charge in [-0.05, 0) is 25.5 Å². The monoisotopic (exact) mass is 165 g/mol. The molecule has 0 spiro atoms. The van der Waals surface area contributed by atoms with Crippen LogP contribution in [0.5, 0.6) is 0 Å². The van der Waals surface area contributed by atoms with Gasteiger partial charge in [0.1, 0.15) is 0 Å². The first-order valence-corrected chi connectivity index (χ1v) is 4.15. The zero-order valence-electron chi connectivity index (χ0n) is 7.33. The first-order chi connectivity index (χ1) is 5.67. The Morgan fingerprint density at radius 1 is 1.33 bits per heavy atom. The Kier molecular flexibility index (Phi) is 2.84. The topological polar surface area (TPSA) is 46.2 Å². The van der Waals surface area contributed by atoms with Crippen molar-refractivity contribution in [1.82, 2.24) is 0 Å². The Bertz CT molecular complexity index is 231. The number of benzene rings is 1. The summed E-state index contributed by atoms with van der Waals surface area (Å²) in [4.78, 5) is 0. The highest BCUT2D eigenvalue weighted by Gasteiger charge is 2.20. The summed E-state index contributed by atoms with van der Waals surface area (Å²) in [5.74, 6) is 0. The summed E-state index contributed by atoms with van der Waals surface area (Å²) in [5.41, 5.74) is 5.54. The second-order valence-corrected chi connectivity index (χ2v) is 3.18. The fraction of sp³-hybridized carbons (Fsp3) is 0.400. The minimum atomic E-state index is -0.782. The van der Waals surface area contributed by atoms with Crippen molar-refractivity contribution < 1.29 is 5.11 Å². The molecule has 1 atom stereocenters. The third-order valence-corrected chi connectivity index (χ3v) is 2.03. The van der Waals surface area contributed by atoms with Gasteiger partial charge in [-0.25, -0.2) is 0 Å². The van der Waals surface area contributed by atoms with Crippen LogP contribution in [0.3, 0.4) is 0 Å². The number of hydrogen-bond donors (Lipinski definition) is 2. The largest absolute Gasteiger partial charge is 0.385 e. The Morgan fingerprint density at radius 2 is 1.92 bits per heavy atom. The van der Waals surface area contributed by atoms with E-state index in [1.54, 1.807) is 6.92 Å². The summed E-state index contributed by atoms with van der Waals surface area (Å²) in [5, 5.41) is 9.91. The van der Waals surface area contributed by atoms with E-state index in [0.717, 1.165) is 5.56 Å². The summed E-state index contributed by atoms with van der Waals surface area (Å²) in [6.07, 6.45) is 0.594. The van der Waals surface area contributed by atoms with E-state index in [0.29, 0.717) is 13.0 Å². The average Bonchev–Trinajstić information content (AvgIpc) is 2.06. The Hall–Kier alpha value is -0.860. The fourth-order valence-corrected chi connectivity index (χ4v) is 1.22. The lowest BCUT2D eigenvalue weighted by atomic mass is 9.93. The van der Waals surface area contributed by atoms with E-state index in [2.05, 4.69) is 0 Å². The summed E-state index contributed by atoms with van der Waals surface area (Å²) in [6, 6.07) is 9.59. The maximum absolute atomic E-state index is 9.91. The first-order valence-electron chi connectivity index (χ1n) is 4.15. The standard InChI is InChI=1S/C10H15NO/c1-10(12,7-8-11)9-5-3-2-4-6-9/h2-6,12H,7-8,11H2,1H3/t10-/m0/s1. The van der Waals surface area contributed by atoms with Gasteiger partial charge in [0.05, 0.1) is 5.60 Å². The molecule has 0 aromatic heterocycles. The molecule has 0 amide bonds. The molecule has 0 saturated carbocycles. The molecule has 1 aromatic carbocycles. The molecule has 0 aliphatic heterocycles. The minimum Gasteiger partial charge on any atom is -0.385 e. The molecule has 1 aromatic rings. The molecule has 0 aliphatic rings. The summed E-state index contributed by atoms with van der Waals surface area (Å²) >= 11 is 0. The maximum atomic E-state index is 9.91. The first kappa shape index (κ1) is 9.23. The molecule has 0 aliphatic carbocycles. The van der Waals surface area contributed by atoms with Gasteiger partial charge in [0.25, 0.3) is 0 Å². The highest BCUT2D eigenvalue weighted by molar-refractivity contribution is 5.21. The lowest BCUT2D eigenvalue weighted by Gasteiger charge is -2.22. The van der Waals surface area contributed by atoms with E-state index in [9.17, 15) is 5.11 Å². The maximum Gasteiger partial charge on any atom is 0.0880 e. The molecule has 0 fully saturated rings. The van der Waals surface area contributed by atoms with E-state index in [1.165, 1.54) is 0 Å². The van der Waals surface area contributed by atoms with Crippen LogP contribution in [0, 0.1) is 0 Å². The van der Waals surface area contributed by atoms with Gasteiger partial charge in [0.2, 0.25) is 0 Å². The molecule has 1 rings (SSSR count). The van der Waals surface area contributed by atoms with Gasteiger partial charge < -0.3 is 10.8 Å². The molecule has 0 bridgehead atoms. The second-order valence-electron chi connectivity index (χ2n) is 3.18. The second kappa shape index (κ2) is 3.70. The molecular weight excluding hydrogens is 150 g/mol. The molecule has 3 N–H and O–H groups in total. The van der Waals surface area contributed by atoms with E-state index < -0.39 is 5.60 Å². The van der Waals surface area contributed by atoms with Crippen LogP contribution in [-0.2, 0) is 5.60 Å². The van der Waals surface area contributed by atoms with Crippen LogP contribution in [0.15, 0.2) is 30.3 Å². The average molecular weight is 165 g/mol. The van der Waals surface area contributed by atoms with Crippen LogP contribution in [0.1, 0.15) is 18.9 Å². The van der Waals surface area contributed by atoms with Crippen molar-refractivity contribution in [3.8, 4) is 0 Å². The number of rotatable bonds is 3. The summed E-state index contributed by atoms with van der Waals surface area (Å²) in [7, 11) is 0. The van der Waals surface area contributed by atoms with Crippen molar-refractivity contribution >= 4 is 0 Å². The number of aliphatic hydroxyl groups is 1. The highest BCUT2D eigenvalue weighted by atomic mass is 16.3. The molecule has 2 heteroatoms. The molecular formula is C10H15NO. The summed E-state index contributed by atoms with van der Waals surface area (Å²) in [6.45, 7) is 2.29. The Labute approximate surface area is 73.0 Å². The molecule has 0 unspecified atom stereocenters. The van der Waals surface area contributed by atoms with Gasteiger partial charge in [0.15, 0.2) is 0 Å². The van der Waals surface area contributed by atoms with Crippen LogP contribution in [-0.4, -0.2) is 11.7 Å². The molecule has 66 valence electrons. The summed E-state index contributed by atoms with van der Waals surface area (Å²) < 4.78 is 0. The lowest BCUT2D eigenvalue weighted by molar-refractivity contribution is 0.0504. The Morgan fingerprint density at radius 3 is 2.42 bits per heavy atom. The van der Waals surface area contributed by atoms with Gasteiger partial charge >= 0.3 is 0 Å². The van der Waals surface area contributed by atoms with E-state index >= 15 is 0 Å². The van der Waals surface area contributed by atoms with Crippen LogP contribution in [0.4, 0.5) is 0 Å². The Balaban J connectivity index is 2.82. The van der Waals surface area contributed by atoms with Crippen LogP contribution in [0.2, 0.25) is 0 Å². The fourth-order valence-electron chi connectivity index (χ4n) is 1.22. The van der Waals surface area contributed by atoms with Crippen LogP contribution in [0.25, 0.3) is 0 Å². The quantitative estimate of drug-likeness (QED) is 0.708. The van der Waals surface area contributed by atoms with Gasteiger partial charge in [-0.2, -0.15) is 0 Å².